The molecule has 1 aliphatic heterocycles. The normalized spacial score (nSPS) is 17.0. The number of anilines is 1. The summed E-state index contributed by atoms with van der Waals surface area (Å²) in [6.07, 6.45) is 1.01. The Bertz CT molecular complexity index is 436. The summed E-state index contributed by atoms with van der Waals surface area (Å²) in [7, 11) is 2.08. The predicted octanol–water partition coefficient (Wildman–Crippen LogP) is 0.812. The zero-order valence-corrected chi connectivity index (χ0v) is 11.3. The van der Waals surface area contributed by atoms with E-state index in [2.05, 4.69) is 11.9 Å². The van der Waals surface area contributed by atoms with Crippen LogP contribution < -0.4 is 10.5 Å². The summed E-state index contributed by atoms with van der Waals surface area (Å²) >= 11 is 0. The van der Waals surface area contributed by atoms with Crippen LogP contribution >= 0.6 is 0 Å². The Morgan fingerprint density at radius 1 is 1.26 bits per heavy atom. The number of para-hydroxylation sites is 2. The summed E-state index contributed by atoms with van der Waals surface area (Å²) in [4.78, 5) is 16.2. The highest BCUT2D eigenvalue weighted by Crippen LogP contribution is 2.19. The molecule has 2 N–H and O–H groups in total. The molecule has 0 saturated carbocycles. The van der Waals surface area contributed by atoms with Crippen LogP contribution in [0, 0.1) is 0 Å². The number of carbonyl (C=O) groups excluding carboxylic acids is 1. The van der Waals surface area contributed by atoms with Crippen LogP contribution in [0.5, 0.6) is 5.75 Å². The van der Waals surface area contributed by atoms with E-state index in [0.29, 0.717) is 11.4 Å². The van der Waals surface area contributed by atoms with Gasteiger partial charge in [-0.3, -0.25) is 4.79 Å². The number of hydrogen-bond donors (Lipinski definition) is 1. The molecule has 5 heteroatoms. The number of likely N-dealkylation sites (N-methyl/N-ethyl adjacent to an activating group) is 1. The number of rotatable bonds is 3. The third kappa shape index (κ3) is 3.86. The van der Waals surface area contributed by atoms with Crippen LogP contribution in [0.4, 0.5) is 5.69 Å². The predicted molar refractivity (Wildman–Crippen MR) is 75.0 cm³/mol. The number of amides is 1. The third-order valence-electron chi connectivity index (χ3n) is 3.34. The minimum absolute atomic E-state index is 0.0264. The van der Waals surface area contributed by atoms with Crippen molar-refractivity contribution in [1.29, 1.82) is 0 Å². The van der Waals surface area contributed by atoms with Gasteiger partial charge < -0.3 is 20.3 Å². The van der Waals surface area contributed by atoms with Gasteiger partial charge in [0.05, 0.1) is 5.69 Å². The fraction of sp³-hybridized carbons (Fsp3) is 0.500. The molecule has 0 aromatic heterocycles. The van der Waals surface area contributed by atoms with Gasteiger partial charge in [-0.1, -0.05) is 12.1 Å². The van der Waals surface area contributed by atoms with Crippen molar-refractivity contribution >= 4 is 11.6 Å². The zero-order chi connectivity index (χ0) is 13.7. The first-order chi connectivity index (χ1) is 9.16. The molecule has 1 aliphatic rings. The van der Waals surface area contributed by atoms with Crippen LogP contribution in [0.1, 0.15) is 6.42 Å². The molecule has 0 radical (unpaired) electrons. The van der Waals surface area contributed by atoms with Crippen molar-refractivity contribution in [2.45, 2.75) is 6.42 Å². The molecular formula is C14H21N3O2. The first-order valence-corrected chi connectivity index (χ1v) is 6.60. The van der Waals surface area contributed by atoms with Gasteiger partial charge in [0, 0.05) is 19.6 Å². The van der Waals surface area contributed by atoms with Gasteiger partial charge in [0.25, 0.3) is 5.91 Å². The van der Waals surface area contributed by atoms with E-state index in [1.165, 1.54) is 0 Å². The van der Waals surface area contributed by atoms with Crippen LogP contribution in [0.25, 0.3) is 0 Å². The van der Waals surface area contributed by atoms with Gasteiger partial charge in [-0.15, -0.1) is 0 Å². The summed E-state index contributed by atoms with van der Waals surface area (Å²) in [6, 6.07) is 7.23. The van der Waals surface area contributed by atoms with Gasteiger partial charge in [0.1, 0.15) is 5.75 Å². The van der Waals surface area contributed by atoms with Gasteiger partial charge in [0.15, 0.2) is 6.61 Å². The van der Waals surface area contributed by atoms with Crippen LogP contribution in [-0.4, -0.2) is 55.5 Å². The minimum atomic E-state index is 0.0264. The second-order valence-corrected chi connectivity index (χ2v) is 4.86. The summed E-state index contributed by atoms with van der Waals surface area (Å²) in [6.45, 7) is 3.58. The fourth-order valence-corrected chi connectivity index (χ4v) is 2.14. The van der Waals surface area contributed by atoms with Gasteiger partial charge >= 0.3 is 0 Å². The molecule has 2 rings (SSSR count). The maximum absolute atomic E-state index is 12.1. The molecule has 0 unspecified atom stereocenters. The summed E-state index contributed by atoms with van der Waals surface area (Å²) in [5.74, 6) is 0.598. The number of nitrogens with zero attached hydrogens (tertiary/aromatic N) is 2. The van der Waals surface area contributed by atoms with Crippen molar-refractivity contribution in [2.75, 3.05) is 45.6 Å². The molecule has 1 aromatic carbocycles. The number of carbonyl (C=O) groups is 1. The highest BCUT2D eigenvalue weighted by atomic mass is 16.5. The topological polar surface area (TPSA) is 58.8 Å². The molecular weight excluding hydrogens is 242 g/mol. The standard InChI is InChI=1S/C14H21N3O2/c1-16-7-4-8-17(10-9-16)14(18)11-19-13-6-3-2-5-12(13)15/h2-3,5-6H,4,7-11,15H2,1H3. The molecule has 0 atom stereocenters. The first-order valence-electron chi connectivity index (χ1n) is 6.60. The Balaban J connectivity index is 1.86. The quantitative estimate of drug-likeness (QED) is 0.820. The molecule has 19 heavy (non-hydrogen) atoms. The maximum Gasteiger partial charge on any atom is 0.260 e. The molecule has 0 spiro atoms. The van der Waals surface area contributed by atoms with Gasteiger partial charge in [-0.25, -0.2) is 0 Å². The van der Waals surface area contributed by atoms with Crippen LogP contribution in [-0.2, 0) is 4.79 Å². The maximum atomic E-state index is 12.1. The van der Waals surface area contributed by atoms with Gasteiger partial charge in [0.2, 0.25) is 0 Å². The van der Waals surface area contributed by atoms with E-state index in [1.54, 1.807) is 12.1 Å². The Morgan fingerprint density at radius 2 is 2.05 bits per heavy atom. The molecule has 1 fully saturated rings. The lowest BCUT2D eigenvalue weighted by atomic mass is 10.3. The van der Waals surface area contributed by atoms with E-state index in [0.717, 1.165) is 32.6 Å². The highest BCUT2D eigenvalue weighted by molar-refractivity contribution is 5.78. The molecule has 0 aliphatic carbocycles. The average Bonchev–Trinajstić information content (AvgIpc) is 2.62. The van der Waals surface area contributed by atoms with Crippen molar-refractivity contribution < 1.29 is 9.53 Å². The molecule has 104 valence electrons. The molecule has 1 aromatic rings. The van der Waals surface area contributed by atoms with Crippen LogP contribution in [0.2, 0.25) is 0 Å². The Labute approximate surface area is 113 Å². The smallest absolute Gasteiger partial charge is 0.260 e. The van der Waals surface area contributed by atoms with Crippen molar-refractivity contribution in [2.24, 2.45) is 0 Å². The average molecular weight is 263 g/mol. The Morgan fingerprint density at radius 3 is 2.84 bits per heavy atom. The second kappa shape index (κ2) is 6.43. The number of hydrogen-bond acceptors (Lipinski definition) is 4. The van der Waals surface area contributed by atoms with E-state index in [-0.39, 0.29) is 12.5 Å². The Hall–Kier alpha value is -1.75. The Kier molecular flexibility index (Phi) is 4.63. The van der Waals surface area contributed by atoms with Gasteiger partial charge in [-0.2, -0.15) is 0 Å². The molecule has 1 amide bonds. The monoisotopic (exact) mass is 263 g/mol. The van der Waals surface area contributed by atoms with Crippen molar-refractivity contribution in [1.82, 2.24) is 9.80 Å². The number of benzene rings is 1. The number of nitrogen functional groups attached to an aromatic ring is 1. The number of nitrogens with two attached hydrogens (primary N) is 1. The largest absolute Gasteiger partial charge is 0.482 e. The summed E-state index contributed by atoms with van der Waals surface area (Å²) < 4.78 is 5.49. The highest BCUT2D eigenvalue weighted by Gasteiger charge is 2.17. The SMILES string of the molecule is CN1CCCN(C(=O)COc2ccccc2N)CC1. The molecule has 1 heterocycles. The summed E-state index contributed by atoms with van der Waals surface area (Å²) in [5, 5.41) is 0. The number of ether oxygens (including phenoxy) is 1. The molecule has 1 saturated heterocycles. The van der Waals surface area contributed by atoms with E-state index in [9.17, 15) is 4.79 Å². The lowest BCUT2D eigenvalue weighted by Gasteiger charge is -2.20. The van der Waals surface area contributed by atoms with Crippen LogP contribution in [0.15, 0.2) is 24.3 Å². The lowest BCUT2D eigenvalue weighted by Crippen LogP contribution is -2.37. The van der Waals surface area contributed by atoms with Crippen molar-refractivity contribution in [3.63, 3.8) is 0 Å². The van der Waals surface area contributed by atoms with Crippen molar-refractivity contribution in [3.8, 4) is 5.75 Å². The second-order valence-electron chi connectivity index (χ2n) is 4.86. The minimum Gasteiger partial charge on any atom is -0.482 e. The first kappa shape index (κ1) is 13.7. The van der Waals surface area contributed by atoms with E-state index in [1.807, 2.05) is 17.0 Å². The van der Waals surface area contributed by atoms with Crippen LogP contribution in [0.3, 0.4) is 0 Å². The van der Waals surface area contributed by atoms with E-state index < -0.39 is 0 Å². The van der Waals surface area contributed by atoms with E-state index in [4.69, 9.17) is 10.5 Å². The van der Waals surface area contributed by atoms with Gasteiger partial charge in [-0.05, 0) is 32.1 Å². The summed E-state index contributed by atoms with van der Waals surface area (Å²) in [5.41, 5.74) is 6.33. The molecule has 5 nitrogen and oxygen atoms in total. The van der Waals surface area contributed by atoms with Crippen molar-refractivity contribution in [3.05, 3.63) is 24.3 Å². The van der Waals surface area contributed by atoms with E-state index >= 15 is 0 Å². The lowest BCUT2D eigenvalue weighted by molar-refractivity contribution is -0.133. The third-order valence-corrected chi connectivity index (χ3v) is 3.34. The molecule has 0 bridgehead atoms. The fourth-order valence-electron chi connectivity index (χ4n) is 2.14. The zero-order valence-electron chi connectivity index (χ0n) is 11.3.